The molecule has 0 amide bonds. The number of carbonyl (C=O) groups excluding carboxylic acids is 1. The van der Waals surface area contributed by atoms with Crippen molar-refractivity contribution >= 4 is 28.8 Å². The summed E-state index contributed by atoms with van der Waals surface area (Å²) in [5, 5.41) is 0. The summed E-state index contributed by atoms with van der Waals surface area (Å²) in [5.41, 5.74) is 3.25. The van der Waals surface area contributed by atoms with Gasteiger partial charge in [-0.25, -0.2) is 13.9 Å². The van der Waals surface area contributed by atoms with Crippen LogP contribution in [0.25, 0.3) is 22.4 Å². The second-order valence-corrected chi connectivity index (χ2v) is 10.4. The molecule has 0 bridgehead atoms. The highest BCUT2D eigenvalue weighted by atomic mass is 32.2. The van der Waals surface area contributed by atoms with Crippen molar-refractivity contribution in [3.05, 3.63) is 48.5 Å². The Morgan fingerprint density at radius 3 is 2.56 bits per heavy atom. The lowest BCUT2D eigenvalue weighted by atomic mass is 9.75. The number of fused-ring (bicyclic) bond motifs is 1. The minimum absolute atomic E-state index is 0.0196. The van der Waals surface area contributed by atoms with Crippen molar-refractivity contribution in [3.63, 3.8) is 0 Å². The summed E-state index contributed by atoms with van der Waals surface area (Å²) in [6, 6.07) is 16.8. The molecule has 0 aliphatic heterocycles. The molecule has 1 saturated carbocycles. The third kappa shape index (κ3) is 4.59. The fraction of sp³-hybridized carbons (Fsp3) is 0.481. The van der Waals surface area contributed by atoms with Gasteiger partial charge in [-0.05, 0) is 73.2 Å². The zero-order chi connectivity index (χ0) is 22.8. The van der Waals surface area contributed by atoms with Crippen molar-refractivity contribution in [1.29, 1.82) is 0 Å². The number of aryl methyl sites for hydroxylation is 1. The maximum absolute atomic E-state index is 13.2. The van der Waals surface area contributed by atoms with Gasteiger partial charge in [-0.3, -0.25) is 0 Å². The molecule has 3 atom stereocenters. The molecule has 1 unspecified atom stereocenters. The van der Waals surface area contributed by atoms with Gasteiger partial charge in [0.2, 0.25) is 0 Å². The molecule has 0 radical (unpaired) electrons. The number of rotatable bonds is 6. The predicted molar refractivity (Wildman–Crippen MR) is 132 cm³/mol. The number of benzene rings is 2. The number of carbonyl (C=O) groups is 1. The molecule has 170 valence electrons. The lowest BCUT2D eigenvalue weighted by Crippen LogP contribution is -2.37. The number of ether oxygens (including phenoxy) is 1. The largest absolute Gasteiger partial charge is 0.459 e. The molecule has 1 aliphatic carbocycles. The molecule has 4 rings (SSSR count). The molecule has 4 nitrogen and oxygen atoms in total. The van der Waals surface area contributed by atoms with Crippen LogP contribution < -0.4 is 4.57 Å². The van der Waals surface area contributed by atoms with Gasteiger partial charge < -0.3 is 4.74 Å². The fourth-order valence-electron chi connectivity index (χ4n) is 5.22. The third-order valence-electron chi connectivity index (χ3n) is 6.99. The first-order chi connectivity index (χ1) is 15.4. The molecule has 5 heteroatoms. The van der Waals surface area contributed by atoms with Crippen LogP contribution in [0.2, 0.25) is 0 Å². The molecule has 0 spiro atoms. The summed E-state index contributed by atoms with van der Waals surface area (Å²) in [6.07, 6.45) is 5.44. The third-order valence-corrected chi connectivity index (χ3v) is 7.73. The number of aromatic nitrogens is 2. The Bertz CT molecular complexity index is 1090. The van der Waals surface area contributed by atoms with Gasteiger partial charge in [0.15, 0.2) is 17.6 Å². The lowest BCUT2D eigenvalue weighted by Gasteiger charge is -2.36. The van der Waals surface area contributed by atoms with E-state index >= 15 is 0 Å². The van der Waals surface area contributed by atoms with Gasteiger partial charge in [-0.2, -0.15) is 0 Å². The Labute approximate surface area is 196 Å². The fourth-order valence-corrected chi connectivity index (χ4v) is 5.63. The van der Waals surface area contributed by atoms with Crippen LogP contribution in [0.4, 0.5) is 0 Å². The first-order valence-electron chi connectivity index (χ1n) is 11.7. The number of thioether (sulfide) groups is 1. The monoisotopic (exact) mass is 451 g/mol. The van der Waals surface area contributed by atoms with E-state index in [1.807, 2.05) is 12.1 Å². The van der Waals surface area contributed by atoms with Crippen LogP contribution in [0.3, 0.4) is 0 Å². The standard InChI is InChI=1S/C27H35N2O2S/c1-18(2)22-15-10-19(3)16-25(22)31-26(30)17-29-24-9-7-6-8-23(24)28(4)27(29)20-11-13-21(32-5)14-12-20/h6-9,11-14,18-19,22,25H,10,15-17H2,1-5H3/q+1/t19-,22+,25?/m1/s1. The van der Waals surface area contributed by atoms with Crippen molar-refractivity contribution in [3.8, 4) is 11.4 Å². The van der Waals surface area contributed by atoms with Crippen LogP contribution in [-0.2, 0) is 23.1 Å². The quantitative estimate of drug-likeness (QED) is 0.268. The van der Waals surface area contributed by atoms with E-state index in [2.05, 4.69) is 79.6 Å². The molecule has 1 fully saturated rings. The van der Waals surface area contributed by atoms with Crippen LogP contribution in [-0.4, -0.2) is 22.9 Å². The van der Waals surface area contributed by atoms with Crippen molar-refractivity contribution in [1.82, 2.24) is 4.57 Å². The molecule has 32 heavy (non-hydrogen) atoms. The van der Waals surface area contributed by atoms with Gasteiger partial charge in [-0.15, -0.1) is 11.8 Å². The van der Waals surface area contributed by atoms with Crippen molar-refractivity contribution < 1.29 is 14.1 Å². The van der Waals surface area contributed by atoms with E-state index in [4.69, 9.17) is 4.74 Å². The smallest absolute Gasteiger partial charge is 0.348 e. The van der Waals surface area contributed by atoms with Crippen molar-refractivity contribution in [2.75, 3.05) is 6.26 Å². The topological polar surface area (TPSA) is 35.1 Å². The number of esters is 1. The molecule has 1 heterocycles. The van der Waals surface area contributed by atoms with Crippen LogP contribution in [0, 0.1) is 17.8 Å². The van der Waals surface area contributed by atoms with Crippen LogP contribution in [0.15, 0.2) is 53.4 Å². The molecule has 1 aliphatic rings. The summed E-state index contributed by atoms with van der Waals surface area (Å²) < 4.78 is 10.4. The maximum Gasteiger partial charge on any atom is 0.348 e. The van der Waals surface area contributed by atoms with Gasteiger partial charge in [0, 0.05) is 4.90 Å². The number of nitrogens with zero attached hydrogens (tertiary/aromatic N) is 2. The summed E-state index contributed by atoms with van der Waals surface area (Å²) >= 11 is 1.73. The zero-order valence-corrected chi connectivity index (χ0v) is 20.7. The second kappa shape index (κ2) is 9.70. The van der Waals surface area contributed by atoms with Gasteiger partial charge in [0.1, 0.15) is 6.10 Å². The van der Waals surface area contributed by atoms with Gasteiger partial charge in [-0.1, -0.05) is 39.3 Å². The van der Waals surface area contributed by atoms with E-state index in [0.29, 0.717) is 17.8 Å². The highest BCUT2D eigenvalue weighted by molar-refractivity contribution is 7.98. The first-order valence-corrected chi connectivity index (χ1v) is 12.9. The molecular formula is C27H35N2O2S+. The lowest BCUT2D eigenvalue weighted by molar-refractivity contribution is -0.634. The number of hydrogen-bond acceptors (Lipinski definition) is 3. The van der Waals surface area contributed by atoms with Gasteiger partial charge in [0.25, 0.3) is 5.82 Å². The maximum atomic E-state index is 13.2. The Morgan fingerprint density at radius 2 is 1.88 bits per heavy atom. The average molecular weight is 452 g/mol. The van der Waals surface area contributed by atoms with Gasteiger partial charge >= 0.3 is 5.97 Å². The minimum atomic E-state index is -0.141. The number of hydrogen-bond donors (Lipinski definition) is 0. The summed E-state index contributed by atoms with van der Waals surface area (Å²) in [5.74, 6) is 2.46. The van der Waals surface area contributed by atoms with Gasteiger partial charge in [0.05, 0.1) is 12.6 Å². The SMILES string of the molecule is CSc1ccc(-c2n(CC(=O)OC3C[C@H](C)CC[C@H]3C(C)C)c3ccccc3[n+]2C)cc1. The molecule has 0 N–H and O–H groups in total. The normalized spacial score (nSPS) is 21.2. The van der Waals surface area contributed by atoms with E-state index in [9.17, 15) is 4.79 Å². The summed E-state index contributed by atoms with van der Waals surface area (Å²) in [6.45, 7) is 6.98. The number of imidazole rings is 1. The molecule has 2 aromatic carbocycles. The average Bonchev–Trinajstić information content (AvgIpc) is 3.05. The van der Waals surface area contributed by atoms with E-state index in [-0.39, 0.29) is 18.6 Å². The first kappa shape index (κ1) is 22.9. The molecule has 0 saturated heterocycles. The van der Waals surface area contributed by atoms with Crippen LogP contribution in [0.1, 0.15) is 40.0 Å². The Morgan fingerprint density at radius 1 is 1.16 bits per heavy atom. The van der Waals surface area contributed by atoms with E-state index in [1.54, 1.807) is 11.8 Å². The zero-order valence-electron chi connectivity index (χ0n) is 19.9. The van der Waals surface area contributed by atoms with Crippen molar-refractivity contribution in [2.45, 2.75) is 57.6 Å². The summed E-state index contributed by atoms with van der Waals surface area (Å²) in [7, 11) is 2.07. The summed E-state index contributed by atoms with van der Waals surface area (Å²) in [4.78, 5) is 14.5. The Kier molecular flexibility index (Phi) is 6.94. The highest BCUT2D eigenvalue weighted by Gasteiger charge is 2.34. The molecular weight excluding hydrogens is 416 g/mol. The Hall–Kier alpha value is -2.27. The minimum Gasteiger partial charge on any atom is -0.459 e. The van der Waals surface area contributed by atoms with E-state index in [1.165, 1.54) is 11.3 Å². The highest BCUT2D eigenvalue weighted by Crippen LogP contribution is 2.35. The van der Waals surface area contributed by atoms with E-state index in [0.717, 1.165) is 35.3 Å². The molecule has 1 aromatic heterocycles. The Balaban J connectivity index is 1.66. The number of para-hydroxylation sites is 2. The van der Waals surface area contributed by atoms with Crippen LogP contribution in [0.5, 0.6) is 0 Å². The molecule has 3 aromatic rings. The second-order valence-electron chi connectivity index (χ2n) is 9.54. The van der Waals surface area contributed by atoms with Crippen LogP contribution >= 0.6 is 11.8 Å². The predicted octanol–water partition coefficient (Wildman–Crippen LogP) is 5.86. The van der Waals surface area contributed by atoms with E-state index < -0.39 is 0 Å². The van der Waals surface area contributed by atoms with Crippen molar-refractivity contribution in [2.24, 2.45) is 24.8 Å².